The molecule has 2 heterocycles. The third kappa shape index (κ3) is 4.26. The van der Waals surface area contributed by atoms with E-state index < -0.39 is 5.97 Å². The summed E-state index contributed by atoms with van der Waals surface area (Å²) in [5.41, 5.74) is 0.647. The number of thiazole rings is 1. The minimum absolute atomic E-state index is 0.108. The van der Waals surface area contributed by atoms with Gasteiger partial charge in [0.1, 0.15) is 11.6 Å². The normalized spacial score (nSPS) is 10.6. The molecule has 0 aliphatic carbocycles. The minimum Gasteiger partial charge on any atom is -0.480 e. The first-order valence-corrected chi connectivity index (χ1v) is 8.26. The second-order valence-corrected chi connectivity index (χ2v) is 6.80. The Morgan fingerprint density at radius 2 is 2.19 bits per heavy atom. The van der Waals surface area contributed by atoms with E-state index >= 15 is 0 Å². The number of aliphatic carboxylic acids is 1. The van der Waals surface area contributed by atoms with Gasteiger partial charge in [-0.25, -0.2) is 4.98 Å². The molecule has 5 nitrogen and oxygen atoms in total. The quantitative estimate of drug-likeness (QED) is 0.874. The van der Waals surface area contributed by atoms with E-state index in [1.807, 2.05) is 11.4 Å². The molecular weight excluding hydrogens is 332 g/mol. The van der Waals surface area contributed by atoms with Gasteiger partial charge in [0.2, 0.25) is 5.91 Å². The highest BCUT2D eigenvalue weighted by Crippen LogP contribution is 2.32. The molecule has 21 heavy (non-hydrogen) atoms. The van der Waals surface area contributed by atoms with E-state index in [0.717, 1.165) is 9.88 Å². The zero-order valence-corrected chi connectivity index (χ0v) is 13.6. The molecule has 0 bridgehead atoms. The molecule has 8 heteroatoms. The van der Waals surface area contributed by atoms with Crippen molar-refractivity contribution in [1.29, 1.82) is 0 Å². The lowest BCUT2D eigenvalue weighted by Gasteiger charge is -2.17. The van der Waals surface area contributed by atoms with E-state index in [2.05, 4.69) is 4.98 Å². The van der Waals surface area contributed by atoms with Gasteiger partial charge in [-0.05, 0) is 19.1 Å². The smallest absolute Gasteiger partial charge is 0.323 e. The standard InChI is InChI=1S/C13H13ClN2O3S2/c1-2-16(6-12(18)19)11(17)5-8-7-20-13(15-8)9-3-4-10(14)21-9/h3-4,7H,2,5-6H2,1H3,(H,18,19). The van der Waals surface area contributed by atoms with Crippen molar-refractivity contribution < 1.29 is 14.7 Å². The van der Waals surface area contributed by atoms with Crippen molar-refractivity contribution in [3.63, 3.8) is 0 Å². The molecule has 0 radical (unpaired) electrons. The third-order valence-corrected chi connectivity index (χ3v) is 5.02. The van der Waals surface area contributed by atoms with E-state index in [4.69, 9.17) is 16.7 Å². The molecule has 2 aromatic heterocycles. The summed E-state index contributed by atoms with van der Waals surface area (Å²) in [5.74, 6) is -1.25. The maximum Gasteiger partial charge on any atom is 0.323 e. The van der Waals surface area contributed by atoms with Gasteiger partial charge in [-0.15, -0.1) is 22.7 Å². The Hall–Kier alpha value is -1.44. The molecule has 0 aliphatic heterocycles. The first-order chi connectivity index (χ1) is 9.99. The van der Waals surface area contributed by atoms with Crippen LogP contribution < -0.4 is 0 Å². The number of thiophene rings is 1. The SMILES string of the molecule is CCN(CC(=O)O)C(=O)Cc1csc(-c2ccc(Cl)s2)n1. The van der Waals surface area contributed by atoms with Gasteiger partial charge >= 0.3 is 5.97 Å². The summed E-state index contributed by atoms with van der Waals surface area (Å²) in [5, 5.41) is 11.4. The van der Waals surface area contributed by atoms with Gasteiger partial charge in [0.15, 0.2) is 0 Å². The number of likely N-dealkylation sites (N-methyl/N-ethyl adjacent to an activating group) is 1. The maximum atomic E-state index is 12.0. The summed E-state index contributed by atoms with van der Waals surface area (Å²) in [6.07, 6.45) is 0.108. The predicted octanol–water partition coefficient (Wildman–Crippen LogP) is 3.00. The summed E-state index contributed by atoms with van der Waals surface area (Å²) in [4.78, 5) is 29.4. The number of carboxylic acids is 1. The number of rotatable bonds is 6. The monoisotopic (exact) mass is 344 g/mol. The molecule has 112 valence electrons. The molecule has 0 fully saturated rings. The van der Waals surface area contributed by atoms with Crippen molar-refractivity contribution in [2.45, 2.75) is 13.3 Å². The molecular formula is C13H13ClN2O3S2. The van der Waals surface area contributed by atoms with Crippen LogP contribution in [0, 0.1) is 0 Å². The van der Waals surface area contributed by atoms with E-state index in [1.54, 1.807) is 13.0 Å². The van der Waals surface area contributed by atoms with Gasteiger partial charge in [0, 0.05) is 11.9 Å². The zero-order chi connectivity index (χ0) is 15.4. The van der Waals surface area contributed by atoms with E-state index in [0.29, 0.717) is 16.6 Å². The van der Waals surface area contributed by atoms with Crippen LogP contribution in [0.25, 0.3) is 9.88 Å². The largest absolute Gasteiger partial charge is 0.480 e. The fraction of sp³-hybridized carbons (Fsp3) is 0.308. The Morgan fingerprint density at radius 1 is 1.43 bits per heavy atom. The lowest BCUT2D eigenvalue weighted by Crippen LogP contribution is -2.36. The van der Waals surface area contributed by atoms with Gasteiger partial charge in [0.05, 0.1) is 21.3 Å². The summed E-state index contributed by atoms with van der Waals surface area (Å²) in [7, 11) is 0. The molecule has 2 rings (SSSR count). The van der Waals surface area contributed by atoms with Crippen LogP contribution in [0.15, 0.2) is 17.5 Å². The molecule has 2 aromatic rings. The number of hydrogen-bond donors (Lipinski definition) is 1. The van der Waals surface area contributed by atoms with Crippen LogP contribution in [-0.2, 0) is 16.0 Å². The number of carbonyl (C=O) groups excluding carboxylic acids is 1. The zero-order valence-electron chi connectivity index (χ0n) is 11.2. The van der Waals surface area contributed by atoms with Crippen molar-refractivity contribution in [2.75, 3.05) is 13.1 Å². The molecule has 0 spiro atoms. The summed E-state index contributed by atoms with van der Waals surface area (Å²) in [6.45, 7) is 1.83. The molecule has 0 atom stereocenters. The average molecular weight is 345 g/mol. The van der Waals surface area contributed by atoms with Gasteiger partial charge < -0.3 is 10.0 Å². The topological polar surface area (TPSA) is 70.5 Å². The van der Waals surface area contributed by atoms with Crippen molar-refractivity contribution in [3.05, 3.63) is 27.5 Å². The van der Waals surface area contributed by atoms with Crippen LogP contribution in [0.3, 0.4) is 0 Å². The summed E-state index contributed by atoms with van der Waals surface area (Å²) in [6, 6.07) is 3.69. The first-order valence-electron chi connectivity index (χ1n) is 6.19. The maximum absolute atomic E-state index is 12.0. The van der Waals surface area contributed by atoms with Crippen LogP contribution in [0.4, 0.5) is 0 Å². The van der Waals surface area contributed by atoms with Gasteiger partial charge in [-0.3, -0.25) is 9.59 Å². The fourth-order valence-electron chi connectivity index (χ4n) is 1.74. The van der Waals surface area contributed by atoms with Crippen molar-refractivity contribution in [1.82, 2.24) is 9.88 Å². The number of aromatic nitrogens is 1. The van der Waals surface area contributed by atoms with Crippen molar-refractivity contribution in [3.8, 4) is 9.88 Å². The van der Waals surface area contributed by atoms with Crippen LogP contribution in [0.1, 0.15) is 12.6 Å². The Labute approximate surface area is 134 Å². The number of halogens is 1. The number of carbonyl (C=O) groups is 2. The van der Waals surface area contributed by atoms with Gasteiger partial charge in [-0.2, -0.15) is 0 Å². The highest BCUT2D eigenvalue weighted by atomic mass is 35.5. The van der Waals surface area contributed by atoms with Crippen LogP contribution in [-0.4, -0.2) is 40.0 Å². The Morgan fingerprint density at radius 3 is 2.76 bits per heavy atom. The average Bonchev–Trinajstić information content (AvgIpc) is 3.04. The van der Waals surface area contributed by atoms with E-state index in [-0.39, 0.29) is 18.9 Å². The number of amides is 1. The molecule has 1 amide bonds. The molecule has 1 N–H and O–H groups in total. The third-order valence-electron chi connectivity index (χ3n) is 2.73. The molecule has 0 saturated carbocycles. The second kappa shape index (κ2) is 7.02. The Bertz CT molecular complexity index is 653. The fourth-order valence-corrected chi connectivity index (χ4v) is 3.67. The van der Waals surface area contributed by atoms with Crippen LogP contribution in [0.5, 0.6) is 0 Å². The van der Waals surface area contributed by atoms with E-state index in [1.165, 1.54) is 27.6 Å². The number of nitrogens with zero attached hydrogens (tertiary/aromatic N) is 2. The Balaban J connectivity index is 2.05. The minimum atomic E-state index is -1.02. The summed E-state index contributed by atoms with van der Waals surface area (Å²) < 4.78 is 0.691. The first kappa shape index (κ1) is 15.9. The van der Waals surface area contributed by atoms with Gasteiger partial charge in [-0.1, -0.05) is 11.6 Å². The number of carboxylic acid groups (broad SMARTS) is 1. The van der Waals surface area contributed by atoms with Crippen molar-refractivity contribution >= 4 is 46.2 Å². The lowest BCUT2D eigenvalue weighted by atomic mass is 10.3. The van der Waals surface area contributed by atoms with Crippen molar-refractivity contribution in [2.24, 2.45) is 0 Å². The molecule has 0 aliphatic rings. The molecule has 0 saturated heterocycles. The highest BCUT2D eigenvalue weighted by molar-refractivity contribution is 7.23. The molecule has 0 aromatic carbocycles. The Kier molecular flexibility index (Phi) is 5.33. The summed E-state index contributed by atoms with van der Waals surface area (Å²) >= 11 is 8.77. The lowest BCUT2D eigenvalue weighted by molar-refractivity contribution is -0.144. The highest BCUT2D eigenvalue weighted by Gasteiger charge is 2.17. The van der Waals surface area contributed by atoms with Crippen LogP contribution >= 0.6 is 34.3 Å². The number of hydrogen-bond acceptors (Lipinski definition) is 5. The predicted molar refractivity (Wildman–Crippen MR) is 84.0 cm³/mol. The van der Waals surface area contributed by atoms with Crippen LogP contribution in [0.2, 0.25) is 4.34 Å². The molecule has 0 unspecified atom stereocenters. The van der Waals surface area contributed by atoms with E-state index in [9.17, 15) is 9.59 Å². The van der Waals surface area contributed by atoms with Gasteiger partial charge in [0.25, 0.3) is 0 Å². The second-order valence-electron chi connectivity index (χ2n) is 4.23.